The summed E-state index contributed by atoms with van der Waals surface area (Å²) in [4.78, 5) is 88.2. The second-order valence-electron chi connectivity index (χ2n) is 10.8. The van der Waals surface area contributed by atoms with Gasteiger partial charge in [0.15, 0.2) is 18.3 Å². The lowest BCUT2D eigenvalue weighted by Gasteiger charge is -2.11. The van der Waals surface area contributed by atoms with Crippen LogP contribution in [0.1, 0.15) is 55.4 Å². The van der Waals surface area contributed by atoms with Gasteiger partial charge in [0.1, 0.15) is 30.8 Å². The number of aromatic hydroxyl groups is 1. The molecule has 64 heavy (non-hydrogen) atoms. The lowest BCUT2D eigenvalue weighted by Crippen LogP contribution is -2.27. The van der Waals surface area contributed by atoms with E-state index in [1.165, 1.54) is 46.0 Å². The summed E-state index contributed by atoms with van der Waals surface area (Å²) in [5.41, 5.74) is 0. The van der Waals surface area contributed by atoms with Crippen LogP contribution in [0.15, 0.2) is 80.2 Å². The maximum atomic E-state index is 11.3. The molecule has 23 heteroatoms. The highest BCUT2D eigenvalue weighted by Gasteiger charge is 2.21. The number of hydrogen-bond donors (Lipinski definition) is 4. The molecule has 1 aromatic heterocycles. The molecule has 0 fully saturated rings. The molecule has 4 unspecified atom stereocenters. The molecule has 1 heterocycles. The van der Waals surface area contributed by atoms with Crippen molar-refractivity contribution >= 4 is 48.5 Å². The third-order valence-electron chi connectivity index (χ3n) is 5.54. The molecule has 0 aliphatic heterocycles. The summed E-state index contributed by atoms with van der Waals surface area (Å²) in [5.74, 6) is -1.86. The van der Waals surface area contributed by atoms with Crippen LogP contribution < -0.4 is 4.74 Å². The summed E-state index contributed by atoms with van der Waals surface area (Å²) in [7, 11) is 0. The Morgan fingerprint density at radius 1 is 0.578 bits per heavy atom. The Hall–Kier alpha value is -7.43. The van der Waals surface area contributed by atoms with Crippen molar-refractivity contribution in [1.82, 2.24) is 4.98 Å². The molecule has 23 nitrogen and oxygen atoms in total. The van der Waals surface area contributed by atoms with Crippen LogP contribution in [0.5, 0.6) is 11.5 Å². The van der Waals surface area contributed by atoms with Crippen LogP contribution in [0.3, 0.4) is 0 Å². The Morgan fingerprint density at radius 3 is 1.31 bits per heavy atom. The van der Waals surface area contributed by atoms with Gasteiger partial charge in [-0.05, 0) is 79.7 Å². The summed E-state index contributed by atoms with van der Waals surface area (Å²) in [6, 6.07) is 11.7. The van der Waals surface area contributed by atoms with E-state index in [0.29, 0.717) is 12.4 Å². The van der Waals surface area contributed by atoms with E-state index in [2.05, 4.69) is 56.0 Å². The minimum absolute atomic E-state index is 0.0500. The summed E-state index contributed by atoms with van der Waals surface area (Å²) in [6.07, 6.45) is -2.79. The summed E-state index contributed by atoms with van der Waals surface area (Å²) >= 11 is 0. The molecule has 4 atom stereocenters. The Bertz CT molecular complexity index is 1620. The van der Waals surface area contributed by atoms with Gasteiger partial charge in [0.2, 0.25) is 0 Å². The van der Waals surface area contributed by atoms with Crippen LogP contribution in [0.2, 0.25) is 0 Å². The number of pyridine rings is 1. The maximum Gasteiger partial charge on any atom is 0.514 e. The largest absolute Gasteiger partial charge is 0.514 e. The second-order valence-corrected chi connectivity index (χ2v) is 10.8. The van der Waals surface area contributed by atoms with Gasteiger partial charge in [-0.3, -0.25) is 4.98 Å². The van der Waals surface area contributed by atoms with Crippen molar-refractivity contribution in [2.24, 2.45) is 0 Å². The first kappa shape index (κ1) is 63.2. The molecule has 0 spiro atoms. The second kappa shape index (κ2) is 42.3. The first-order valence-electron chi connectivity index (χ1n) is 18.8. The number of carbonyl (C=O) groups excluding carboxylic acids is 6. The lowest BCUT2D eigenvalue weighted by molar-refractivity contribution is -0.153. The number of hydrogen-bond acceptors (Lipinski definition) is 21. The molecule has 0 aliphatic rings. The molecule has 4 N–H and O–H groups in total. The highest BCUT2D eigenvalue weighted by molar-refractivity contribution is 5.78. The number of para-hydroxylation sites is 1. The molecule has 0 amide bonds. The predicted octanol–water partition coefficient (Wildman–Crippen LogP) is 5.65. The number of carbonyl (C=O) groups is 8. The van der Waals surface area contributed by atoms with Crippen molar-refractivity contribution < 1.29 is 106 Å². The van der Waals surface area contributed by atoms with Crippen molar-refractivity contribution in [2.75, 3.05) is 39.6 Å². The fourth-order valence-corrected chi connectivity index (χ4v) is 2.88. The molecule has 2 rings (SSSR count). The third-order valence-corrected chi connectivity index (χ3v) is 5.54. The van der Waals surface area contributed by atoms with Crippen molar-refractivity contribution in [3.8, 4) is 11.5 Å². The van der Waals surface area contributed by atoms with E-state index >= 15 is 0 Å². The zero-order valence-electron chi connectivity index (χ0n) is 36.9. The number of nitrogens with zero attached hydrogens (tertiary/aromatic N) is 1. The van der Waals surface area contributed by atoms with Crippen molar-refractivity contribution in [3.63, 3.8) is 0 Å². The number of rotatable bonds is 16. The number of esters is 4. The number of benzene rings is 1. The van der Waals surface area contributed by atoms with Crippen molar-refractivity contribution in [2.45, 2.75) is 79.8 Å². The zero-order valence-corrected chi connectivity index (χ0v) is 36.9. The van der Waals surface area contributed by atoms with Crippen molar-refractivity contribution in [1.29, 1.82) is 0 Å². The molecular weight excluding hydrogens is 858 g/mol. The molecule has 0 saturated heterocycles. The minimum atomic E-state index is -1.48. The Morgan fingerprint density at radius 2 is 1.00 bits per heavy atom. The number of aliphatic hydroxyl groups excluding tert-OH is 1. The highest BCUT2D eigenvalue weighted by Crippen LogP contribution is 2.10. The first-order valence-corrected chi connectivity index (χ1v) is 18.8. The van der Waals surface area contributed by atoms with Crippen LogP contribution in [0.4, 0.5) is 19.2 Å². The Balaban J connectivity index is -0.000000349. The van der Waals surface area contributed by atoms with Gasteiger partial charge in [-0.2, -0.15) is 0 Å². The third kappa shape index (κ3) is 42.7. The number of carboxylic acid groups (broad SMARTS) is 2. The van der Waals surface area contributed by atoms with Gasteiger partial charge in [0.25, 0.3) is 0 Å². The quantitative estimate of drug-likeness (QED) is 0.0684. The van der Waals surface area contributed by atoms with Crippen LogP contribution in [0.25, 0.3) is 0 Å². The highest BCUT2D eigenvalue weighted by atomic mass is 16.7. The first-order chi connectivity index (χ1) is 30.2. The normalized spacial score (nSPS) is 10.9. The average Bonchev–Trinajstić information content (AvgIpc) is 3.24. The van der Waals surface area contributed by atoms with E-state index in [0.717, 1.165) is 0 Å². The number of aromatic nitrogens is 1. The molecule has 2 aromatic rings. The van der Waals surface area contributed by atoms with Gasteiger partial charge in [0, 0.05) is 6.20 Å². The van der Waals surface area contributed by atoms with E-state index in [1.807, 2.05) is 0 Å². The van der Waals surface area contributed by atoms with E-state index in [1.54, 1.807) is 76.4 Å². The molecule has 0 saturated carbocycles. The minimum Gasteiger partial charge on any atom is -0.506 e. The summed E-state index contributed by atoms with van der Waals surface area (Å²) in [6.45, 7) is 19.9. The van der Waals surface area contributed by atoms with Gasteiger partial charge in [0.05, 0.1) is 32.6 Å². The smallest absolute Gasteiger partial charge is 0.506 e. The molecule has 1 aromatic carbocycles. The zero-order chi connectivity index (χ0) is 49.9. The van der Waals surface area contributed by atoms with Crippen LogP contribution in [-0.4, -0.2) is 138 Å². The number of ether oxygens (including phenoxy) is 10. The lowest BCUT2D eigenvalue weighted by atomic mass is 10.3. The Kier molecular flexibility index (Phi) is 41.7. The molecule has 0 bridgehead atoms. The van der Waals surface area contributed by atoms with Crippen LogP contribution in [-0.2, 0) is 61.8 Å². The molecule has 360 valence electrons. The SMILES string of the molecule is C=CCOC(=O)O.C=CCOC(=O)OC(C)C(=O)OCC.CCOC(=O)C(C)O.CCOC(=O)C(C)OC(=O)O.CCOC(=O)C(C)OC(=O)Oc1ccccc1.Oc1cccnc1. The van der Waals surface area contributed by atoms with Crippen LogP contribution >= 0.6 is 0 Å². The van der Waals surface area contributed by atoms with E-state index in [4.69, 9.17) is 29.9 Å². The van der Waals surface area contributed by atoms with E-state index in [9.17, 15) is 38.4 Å². The van der Waals surface area contributed by atoms with Crippen molar-refractivity contribution in [3.05, 3.63) is 80.2 Å². The van der Waals surface area contributed by atoms with Gasteiger partial charge < -0.3 is 67.8 Å². The summed E-state index contributed by atoms with van der Waals surface area (Å²) < 4.78 is 45.0. The van der Waals surface area contributed by atoms with Gasteiger partial charge >= 0.3 is 48.5 Å². The summed E-state index contributed by atoms with van der Waals surface area (Å²) in [5, 5.41) is 32.9. The van der Waals surface area contributed by atoms with E-state index < -0.39 is 72.9 Å². The number of aliphatic hydroxyl groups is 1. The Labute approximate surface area is 370 Å². The predicted molar refractivity (Wildman–Crippen MR) is 222 cm³/mol. The monoisotopic (exact) mass is 917 g/mol. The topological polar surface area (TPSA) is 323 Å². The fourth-order valence-electron chi connectivity index (χ4n) is 2.88. The fraction of sp³-hybridized carbons (Fsp3) is 0.439. The van der Waals surface area contributed by atoms with Gasteiger partial charge in [-0.25, -0.2) is 38.4 Å². The van der Waals surface area contributed by atoms with Gasteiger partial charge in [-0.15, -0.1) is 0 Å². The van der Waals surface area contributed by atoms with Crippen LogP contribution in [0, 0.1) is 0 Å². The maximum absolute atomic E-state index is 11.3. The van der Waals surface area contributed by atoms with E-state index in [-0.39, 0.29) is 38.8 Å². The molecular formula is C41H59NO22. The average molecular weight is 918 g/mol. The van der Waals surface area contributed by atoms with Gasteiger partial charge in [-0.1, -0.05) is 43.5 Å². The molecule has 0 radical (unpaired) electrons. The standard InChI is InChI=1S/C12H14O5.C9H14O5.C6H10O5.C5H5NO.C5H10O3.C4H6O3/c1-3-15-11(13)9(2)16-12(14)17-10-7-5-4-6-8-10;1-4-6-13-9(11)14-7(3)8(10)12-5-2;1-3-10-5(7)4(2)11-6(8)9;7-5-2-1-3-6-4-5;1-3-8-5(7)4(2)6;1-2-3-7-4(5)6/h4-9H,3H2,1-2H3;4,7H,1,5-6H2,2-3H3;4H,3H2,1-2H3,(H,8,9);1-4,7H;4,6H,3H2,1-2H3;2H,1,3H2,(H,5,6). The molecule has 0 aliphatic carbocycles.